The van der Waals surface area contributed by atoms with E-state index in [0.29, 0.717) is 0 Å². The molecule has 0 saturated carbocycles. The topological polar surface area (TPSA) is 42.7 Å². The molecule has 94 valence electrons. The second-order valence-electron chi connectivity index (χ2n) is 5.66. The van der Waals surface area contributed by atoms with Gasteiger partial charge in [0.1, 0.15) is 5.82 Å². The van der Waals surface area contributed by atoms with E-state index in [1.165, 1.54) is 30.9 Å². The Labute approximate surface area is 103 Å². The lowest BCUT2D eigenvalue weighted by Gasteiger charge is -2.30. The van der Waals surface area contributed by atoms with Gasteiger partial charge >= 0.3 is 0 Å². The van der Waals surface area contributed by atoms with Crippen molar-refractivity contribution >= 4 is 0 Å². The van der Waals surface area contributed by atoms with Crippen molar-refractivity contribution < 1.29 is 0 Å². The average Bonchev–Trinajstić information content (AvgIpc) is 2.94. The second-order valence-corrected chi connectivity index (χ2v) is 5.66. The van der Waals surface area contributed by atoms with Crippen molar-refractivity contribution in [2.24, 2.45) is 5.92 Å². The monoisotopic (exact) mass is 234 g/mol. The fraction of sp³-hybridized carbons (Fsp3) is 0.846. The van der Waals surface area contributed by atoms with Crippen molar-refractivity contribution in [2.75, 3.05) is 6.54 Å². The maximum Gasteiger partial charge on any atom is 0.153 e. The molecule has 3 heterocycles. The average molecular weight is 234 g/mol. The van der Waals surface area contributed by atoms with E-state index >= 15 is 0 Å². The Hall–Kier alpha value is -0.900. The van der Waals surface area contributed by atoms with E-state index in [9.17, 15) is 0 Å². The highest BCUT2D eigenvalue weighted by Crippen LogP contribution is 2.34. The largest absolute Gasteiger partial charge is 0.313 e. The highest BCUT2D eigenvalue weighted by molar-refractivity contribution is 5.13. The molecule has 1 fully saturated rings. The van der Waals surface area contributed by atoms with Crippen LogP contribution in [0.15, 0.2) is 0 Å². The maximum atomic E-state index is 4.51. The van der Waals surface area contributed by atoms with Crippen LogP contribution in [0.1, 0.15) is 51.2 Å². The number of nitrogens with zero attached hydrogens (tertiary/aromatic N) is 3. The minimum atomic E-state index is 0.103. The summed E-state index contributed by atoms with van der Waals surface area (Å²) < 4.78 is 2.38. The van der Waals surface area contributed by atoms with E-state index in [1.54, 1.807) is 0 Å². The Morgan fingerprint density at radius 2 is 2.35 bits per heavy atom. The van der Waals surface area contributed by atoms with Crippen LogP contribution in [0.5, 0.6) is 0 Å². The Balaban J connectivity index is 1.98. The standard InChI is InChI=1S/C13H22N4/c1-3-13(6-4-7-14-13)12-16-15-11-9-10(2)5-8-17(11)12/h10,14H,3-9H2,1-2H3. The van der Waals surface area contributed by atoms with Gasteiger partial charge in [0.15, 0.2) is 5.82 Å². The first-order chi connectivity index (χ1) is 8.25. The van der Waals surface area contributed by atoms with Crippen LogP contribution in [0.4, 0.5) is 0 Å². The molecular weight excluding hydrogens is 212 g/mol. The zero-order valence-electron chi connectivity index (χ0n) is 10.9. The number of hydrogen-bond acceptors (Lipinski definition) is 3. The Morgan fingerprint density at radius 1 is 1.47 bits per heavy atom. The van der Waals surface area contributed by atoms with Crippen LogP contribution in [-0.4, -0.2) is 21.3 Å². The molecule has 4 heteroatoms. The van der Waals surface area contributed by atoms with Gasteiger partial charge in [-0.2, -0.15) is 0 Å². The van der Waals surface area contributed by atoms with Crippen LogP contribution in [0, 0.1) is 5.92 Å². The van der Waals surface area contributed by atoms with Gasteiger partial charge in [-0.15, -0.1) is 10.2 Å². The van der Waals surface area contributed by atoms with Gasteiger partial charge in [-0.3, -0.25) is 0 Å². The molecule has 2 atom stereocenters. The lowest BCUT2D eigenvalue weighted by Crippen LogP contribution is -2.39. The van der Waals surface area contributed by atoms with E-state index in [2.05, 4.69) is 33.9 Å². The number of nitrogens with one attached hydrogen (secondary N) is 1. The summed E-state index contributed by atoms with van der Waals surface area (Å²) in [6, 6.07) is 0. The van der Waals surface area contributed by atoms with Gasteiger partial charge in [0.2, 0.25) is 0 Å². The fourth-order valence-corrected chi connectivity index (χ4v) is 3.30. The molecule has 1 N–H and O–H groups in total. The van der Waals surface area contributed by atoms with Gasteiger partial charge in [0.25, 0.3) is 0 Å². The molecule has 0 aliphatic carbocycles. The van der Waals surface area contributed by atoms with Crippen LogP contribution in [-0.2, 0) is 18.5 Å². The molecule has 0 bridgehead atoms. The molecule has 2 aliphatic rings. The molecule has 1 saturated heterocycles. The molecule has 1 aromatic heterocycles. The summed E-state index contributed by atoms with van der Waals surface area (Å²) in [5.41, 5.74) is 0.103. The lowest BCUT2D eigenvalue weighted by atomic mass is 9.92. The zero-order chi connectivity index (χ0) is 11.9. The summed E-state index contributed by atoms with van der Waals surface area (Å²) in [5, 5.41) is 12.6. The van der Waals surface area contributed by atoms with Crippen LogP contribution in [0.2, 0.25) is 0 Å². The lowest BCUT2D eigenvalue weighted by molar-refractivity contribution is 0.317. The molecular formula is C13H22N4. The van der Waals surface area contributed by atoms with E-state index in [1.807, 2.05) is 0 Å². The third-order valence-corrected chi connectivity index (χ3v) is 4.48. The Bertz CT molecular complexity index is 404. The molecule has 0 amide bonds. The summed E-state index contributed by atoms with van der Waals surface area (Å²) >= 11 is 0. The zero-order valence-corrected chi connectivity index (χ0v) is 10.9. The quantitative estimate of drug-likeness (QED) is 0.849. The number of hydrogen-bond donors (Lipinski definition) is 1. The molecule has 2 aliphatic heterocycles. The van der Waals surface area contributed by atoms with Gasteiger partial charge in [-0.1, -0.05) is 13.8 Å². The first-order valence-electron chi connectivity index (χ1n) is 6.93. The van der Waals surface area contributed by atoms with Gasteiger partial charge < -0.3 is 9.88 Å². The van der Waals surface area contributed by atoms with Crippen molar-refractivity contribution in [3.63, 3.8) is 0 Å². The van der Waals surface area contributed by atoms with Crippen LogP contribution < -0.4 is 5.32 Å². The SMILES string of the molecule is CCC1(c2nnc3n2CCC(C)C3)CCCN1. The molecule has 17 heavy (non-hydrogen) atoms. The summed E-state index contributed by atoms with van der Waals surface area (Å²) in [6.45, 7) is 6.78. The third-order valence-electron chi connectivity index (χ3n) is 4.48. The van der Waals surface area contributed by atoms with Gasteiger partial charge in [-0.25, -0.2) is 0 Å². The minimum absolute atomic E-state index is 0.103. The predicted molar refractivity (Wildman–Crippen MR) is 66.7 cm³/mol. The second kappa shape index (κ2) is 4.09. The van der Waals surface area contributed by atoms with Crippen molar-refractivity contribution in [2.45, 2.75) is 58.0 Å². The van der Waals surface area contributed by atoms with Crippen LogP contribution >= 0.6 is 0 Å². The highest BCUT2D eigenvalue weighted by Gasteiger charge is 2.39. The molecule has 0 radical (unpaired) electrons. The van der Waals surface area contributed by atoms with E-state index in [0.717, 1.165) is 31.8 Å². The van der Waals surface area contributed by atoms with Crippen molar-refractivity contribution in [1.82, 2.24) is 20.1 Å². The number of fused-ring (bicyclic) bond motifs is 1. The van der Waals surface area contributed by atoms with Gasteiger partial charge in [0, 0.05) is 13.0 Å². The van der Waals surface area contributed by atoms with Gasteiger partial charge in [-0.05, 0) is 38.1 Å². The molecule has 4 nitrogen and oxygen atoms in total. The van der Waals surface area contributed by atoms with Gasteiger partial charge in [0.05, 0.1) is 5.54 Å². The first-order valence-corrected chi connectivity index (χ1v) is 6.93. The Kier molecular flexibility index (Phi) is 2.69. The van der Waals surface area contributed by atoms with Crippen molar-refractivity contribution in [3.8, 4) is 0 Å². The van der Waals surface area contributed by atoms with Crippen molar-refractivity contribution in [3.05, 3.63) is 11.6 Å². The molecule has 3 rings (SSSR count). The smallest absolute Gasteiger partial charge is 0.153 e. The maximum absolute atomic E-state index is 4.51. The number of aromatic nitrogens is 3. The fourth-order valence-electron chi connectivity index (χ4n) is 3.30. The summed E-state index contributed by atoms with van der Waals surface area (Å²) in [5.74, 6) is 3.15. The van der Waals surface area contributed by atoms with E-state index < -0.39 is 0 Å². The molecule has 1 aromatic rings. The Morgan fingerprint density at radius 3 is 3.06 bits per heavy atom. The normalized spacial score (nSPS) is 32.7. The van der Waals surface area contributed by atoms with Crippen LogP contribution in [0.25, 0.3) is 0 Å². The number of rotatable bonds is 2. The predicted octanol–water partition coefficient (Wildman–Crippen LogP) is 1.85. The molecule has 0 aromatic carbocycles. The summed E-state index contributed by atoms with van der Waals surface area (Å²) in [6.07, 6.45) is 5.93. The highest BCUT2D eigenvalue weighted by atomic mass is 15.3. The first kappa shape index (κ1) is 11.2. The molecule has 0 spiro atoms. The third kappa shape index (κ3) is 1.69. The molecule has 2 unspecified atom stereocenters. The van der Waals surface area contributed by atoms with E-state index in [4.69, 9.17) is 0 Å². The summed E-state index contributed by atoms with van der Waals surface area (Å²) in [7, 11) is 0. The summed E-state index contributed by atoms with van der Waals surface area (Å²) in [4.78, 5) is 0. The van der Waals surface area contributed by atoms with Crippen LogP contribution in [0.3, 0.4) is 0 Å². The van der Waals surface area contributed by atoms with Crippen molar-refractivity contribution in [1.29, 1.82) is 0 Å². The van der Waals surface area contributed by atoms with E-state index in [-0.39, 0.29) is 5.54 Å². The minimum Gasteiger partial charge on any atom is -0.313 e.